The van der Waals surface area contributed by atoms with Crippen LogP contribution in [0, 0.1) is 0 Å². The maximum absolute atomic E-state index is 6.25. The summed E-state index contributed by atoms with van der Waals surface area (Å²) in [5, 5.41) is 18.0. The molecule has 0 amide bonds. The highest BCUT2D eigenvalue weighted by atomic mass is 16.5. The predicted octanol–water partition coefficient (Wildman–Crippen LogP) is 6.20. The second kappa shape index (κ2) is 9.08. The van der Waals surface area contributed by atoms with Crippen molar-refractivity contribution in [3.8, 4) is 0 Å². The molecule has 3 aliphatic carbocycles. The summed E-state index contributed by atoms with van der Waals surface area (Å²) in [5.74, 6) is 0. The lowest BCUT2D eigenvalue weighted by Crippen LogP contribution is -2.30. The molecule has 3 rings (SSSR count). The molecule has 0 spiro atoms. The molecule has 27 heavy (non-hydrogen) atoms. The van der Waals surface area contributed by atoms with Gasteiger partial charge in [-0.05, 0) is 72.6 Å². The van der Waals surface area contributed by atoms with Crippen molar-refractivity contribution < 1.29 is 9.47 Å². The second-order valence-electron chi connectivity index (χ2n) is 9.49. The molecule has 0 aliphatic heterocycles. The smallest absolute Gasteiger partial charge is 0.173 e. The molecule has 0 N–H and O–H groups in total. The van der Waals surface area contributed by atoms with Crippen LogP contribution in [0.5, 0.6) is 0 Å². The average Bonchev–Trinajstić information content (AvgIpc) is 3.34. The average molecular weight is 379 g/mol. The molecule has 6 nitrogen and oxygen atoms in total. The maximum Gasteiger partial charge on any atom is 0.173 e. The van der Waals surface area contributed by atoms with Gasteiger partial charge in [0.05, 0.1) is 24.3 Å². The lowest BCUT2D eigenvalue weighted by Gasteiger charge is -2.26. The summed E-state index contributed by atoms with van der Waals surface area (Å²) >= 11 is 0. The third kappa shape index (κ3) is 6.90. The largest absolute Gasteiger partial charge is 0.349 e. The first-order valence-corrected chi connectivity index (χ1v) is 11.0. The molecule has 0 aromatic heterocycles. The zero-order chi connectivity index (χ0) is 19.3. The van der Waals surface area contributed by atoms with Crippen molar-refractivity contribution in [2.75, 3.05) is 0 Å². The van der Waals surface area contributed by atoms with Gasteiger partial charge >= 0.3 is 0 Å². The SMILES string of the molecule is CC(C)(N=NC1CCCC1)OC1CCC(OC(C)(C)N=NC2CCCC2)C1. The Bertz CT molecular complexity index is 474. The number of hydrogen-bond donors (Lipinski definition) is 0. The van der Waals surface area contributed by atoms with E-state index in [0.717, 1.165) is 19.3 Å². The highest BCUT2D eigenvalue weighted by Crippen LogP contribution is 2.33. The standard InChI is InChI=1S/C21H38N4O2/c1-20(2,24-22-16-9-5-6-10-16)26-18-13-14-19(15-18)27-21(3,4)25-23-17-11-7-8-12-17/h16-19H,5-15H2,1-4H3. The topological polar surface area (TPSA) is 67.9 Å². The van der Waals surface area contributed by atoms with Crippen LogP contribution < -0.4 is 0 Å². The molecule has 0 aromatic carbocycles. The summed E-state index contributed by atoms with van der Waals surface area (Å²) in [7, 11) is 0. The van der Waals surface area contributed by atoms with E-state index >= 15 is 0 Å². The van der Waals surface area contributed by atoms with Gasteiger partial charge in [-0.2, -0.15) is 20.5 Å². The van der Waals surface area contributed by atoms with E-state index < -0.39 is 11.4 Å². The third-order valence-corrected chi connectivity index (χ3v) is 5.82. The van der Waals surface area contributed by atoms with Crippen LogP contribution >= 0.6 is 0 Å². The number of ether oxygens (including phenoxy) is 2. The van der Waals surface area contributed by atoms with Gasteiger partial charge in [0.2, 0.25) is 0 Å². The zero-order valence-corrected chi connectivity index (χ0v) is 17.7. The van der Waals surface area contributed by atoms with E-state index in [2.05, 4.69) is 20.5 Å². The molecule has 6 heteroatoms. The zero-order valence-electron chi connectivity index (χ0n) is 17.7. The maximum atomic E-state index is 6.25. The fourth-order valence-electron chi connectivity index (χ4n) is 4.46. The van der Waals surface area contributed by atoms with Gasteiger partial charge in [-0.25, -0.2) is 0 Å². The minimum absolute atomic E-state index is 0.176. The second-order valence-corrected chi connectivity index (χ2v) is 9.49. The lowest BCUT2D eigenvalue weighted by molar-refractivity contribution is -0.0938. The fourth-order valence-corrected chi connectivity index (χ4v) is 4.46. The minimum Gasteiger partial charge on any atom is -0.349 e. The van der Waals surface area contributed by atoms with E-state index in [9.17, 15) is 0 Å². The molecule has 3 saturated carbocycles. The number of rotatable bonds is 8. The first kappa shape index (κ1) is 20.8. The first-order valence-electron chi connectivity index (χ1n) is 11.0. The summed E-state index contributed by atoms with van der Waals surface area (Å²) in [6.45, 7) is 8.05. The van der Waals surface area contributed by atoms with E-state index in [4.69, 9.17) is 9.47 Å². The van der Waals surface area contributed by atoms with E-state index in [0.29, 0.717) is 12.1 Å². The van der Waals surface area contributed by atoms with Crippen molar-refractivity contribution in [2.24, 2.45) is 20.5 Å². The lowest BCUT2D eigenvalue weighted by atomic mass is 10.2. The van der Waals surface area contributed by atoms with Crippen LogP contribution in [-0.2, 0) is 9.47 Å². The van der Waals surface area contributed by atoms with Crippen molar-refractivity contribution in [2.45, 2.75) is 134 Å². The normalized spacial score (nSPS) is 29.0. The first-order chi connectivity index (χ1) is 12.8. The van der Waals surface area contributed by atoms with Gasteiger partial charge in [-0.3, -0.25) is 0 Å². The molecule has 3 fully saturated rings. The fraction of sp³-hybridized carbons (Fsp3) is 1.00. The molecule has 0 aromatic rings. The molecule has 154 valence electrons. The summed E-state index contributed by atoms with van der Waals surface area (Å²) in [5.41, 5.74) is -1.11. The van der Waals surface area contributed by atoms with Gasteiger partial charge in [0, 0.05) is 0 Å². The quantitative estimate of drug-likeness (QED) is 0.472. The molecule has 2 unspecified atom stereocenters. The van der Waals surface area contributed by atoms with E-state index in [1.165, 1.54) is 51.4 Å². The van der Waals surface area contributed by atoms with Crippen molar-refractivity contribution >= 4 is 0 Å². The van der Waals surface area contributed by atoms with Crippen molar-refractivity contribution in [1.82, 2.24) is 0 Å². The van der Waals surface area contributed by atoms with Gasteiger partial charge in [-0.1, -0.05) is 25.7 Å². The molecule has 0 radical (unpaired) electrons. The Labute approximate surface area is 164 Å². The van der Waals surface area contributed by atoms with Gasteiger partial charge in [-0.15, -0.1) is 0 Å². The van der Waals surface area contributed by atoms with Crippen LogP contribution in [0.15, 0.2) is 20.5 Å². The highest BCUT2D eigenvalue weighted by Gasteiger charge is 2.34. The summed E-state index contributed by atoms with van der Waals surface area (Å²) in [6, 6.07) is 0.803. The summed E-state index contributed by atoms with van der Waals surface area (Å²) < 4.78 is 12.5. The summed E-state index contributed by atoms with van der Waals surface area (Å²) in [4.78, 5) is 0. The predicted molar refractivity (Wildman–Crippen MR) is 106 cm³/mol. The van der Waals surface area contributed by atoms with Crippen LogP contribution in [0.1, 0.15) is 98.3 Å². The summed E-state index contributed by atoms with van der Waals surface area (Å²) in [6.07, 6.45) is 13.0. The van der Waals surface area contributed by atoms with Gasteiger partial charge in [0.1, 0.15) is 0 Å². The van der Waals surface area contributed by atoms with Crippen LogP contribution in [0.3, 0.4) is 0 Å². The molecule has 0 heterocycles. The van der Waals surface area contributed by atoms with Gasteiger partial charge in [0.25, 0.3) is 0 Å². The van der Waals surface area contributed by atoms with Gasteiger partial charge < -0.3 is 9.47 Å². The number of hydrogen-bond acceptors (Lipinski definition) is 6. The van der Waals surface area contributed by atoms with E-state index in [1.807, 2.05) is 27.7 Å². The molecular formula is C21H38N4O2. The van der Waals surface area contributed by atoms with Crippen LogP contribution in [-0.4, -0.2) is 35.7 Å². The van der Waals surface area contributed by atoms with Crippen LogP contribution in [0.25, 0.3) is 0 Å². The van der Waals surface area contributed by atoms with Crippen LogP contribution in [0.4, 0.5) is 0 Å². The van der Waals surface area contributed by atoms with Crippen LogP contribution in [0.2, 0.25) is 0 Å². The number of azo groups is 2. The van der Waals surface area contributed by atoms with Crippen molar-refractivity contribution in [1.29, 1.82) is 0 Å². The van der Waals surface area contributed by atoms with E-state index in [-0.39, 0.29) is 12.2 Å². The third-order valence-electron chi connectivity index (χ3n) is 5.82. The van der Waals surface area contributed by atoms with Crippen molar-refractivity contribution in [3.63, 3.8) is 0 Å². The van der Waals surface area contributed by atoms with Gasteiger partial charge in [0.15, 0.2) is 11.4 Å². The highest BCUT2D eigenvalue weighted by molar-refractivity contribution is 4.82. The Hall–Kier alpha value is -0.880. The Balaban J connectivity index is 1.43. The molecular weight excluding hydrogens is 340 g/mol. The van der Waals surface area contributed by atoms with E-state index in [1.54, 1.807) is 0 Å². The Morgan fingerprint density at radius 3 is 1.33 bits per heavy atom. The number of nitrogens with zero attached hydrogens (tertiary/aromatic N) is 4. The van der Waals surface area contributed by atoms with Crippen molar-refractivity contribution in [3.05, 3.63) is 0 Å². The molecule has 0 saturated heterocycles. The Kier molecular flexibility index (Phi) is 7.01. The molecule has 0 bridgehead atoms. The minimum atomic E-state index is -0.556. The Morgan fingerprint density at radius 2 is 0.963 bits per heavy atom. The molecule has 3 aliphatic rings. The molecule has 2 atom stereocenters. The monoisotopic (exact) mass is 378 g/mol. The Morgan fingerprint density at radius 1 is 0.593 bits per heavy atom.